The molecule has 0 rings (SSSR count). The van der Waals surface area contributed by atoms with Crippen molar-refractivity contribution in [1.29, 1.82) is 0 Å². The van der Waals surface area contributed by atoms with Crippen molar-refractivity contribution in [2.75, 3.05) is 19.8 Å². The van der Waals surface area contributed by atoms with Crippen molar-refractivity contribution in [1.82, 2.24) is 0 Å². The number of unbranched alkanes of at least 4 members (excludes halogenated alkanes) is 9. The monoisotopic (exact) mass is 366 g/mol. The molecule has 0 aliphatic rings. The van der Waals surface area contributed by atoms with Crippen molar-refractivity contribution in [3.8, 4) is 0 Å². The van der Waals surface area contributed by atoms with Crippen LogP contribution in [-0.2, 0) is 19.3 Å². The molecular weight excluding hydrogens is 329 g/mol. The van der Waals surface area contributed by atoms with Crippen LogP contribution in [0.5, 0.6) is 0 Å². The van der Waals surface area contributed by atoms with Crippen LogP contribution in [0.1, 0.15) is 85.0 Å². The molecule has 0 atom stereocenters. The predicted molar refractivity (Wildman–Crippen MR) is 100 cm³/mol. The summed E-state index contributed by atoms with van der Waals surface area (Å²) in [5, 5.41) is 0. The van der Waals surface area contributed by atoms with Crippen LogP contribution in [-0.4, -0.2) is 55.8 Å². The first kappa shape index (κ1) is 28.4. The third-order valence-corrected chi connectivity index (χ3v) is 3.60. The van der Waals surface area contributed by atoms with E-state index in [0.29, 0.717) is 6.42 Å². The van der Waals surface area contributed by atoms with Crippen molar-refractivity contribution in [2.45, 2.75) is 85.0 Å². The zero-order chi connectivity index (χ0) is 17.1. The van der Waals surface area contributed by atoms with Crippen molar-refractivity contribution in [3.05, 3.63) is 0 Å². The minimum Gasteiger partial charge on any atom is -0.382 e. The second kappa shape index (κ2) is 22.6. The van der Waals surface area contributed by atoms with Crippen molar-refractivity contribution >= 4 is 33.5 Å². The second-order valence-electron chi connectivity index (χ2n) is 5.21. The molecule has 5 nitrogen and oxygen atoms in total. The summed E-state index contributed by atoms with van der Waals surface area (Å²) in [6.45, 7) is 7.98. The second-order valence-corrected chi connectivity index (χ2v) is 6.30. The molecule has 0 heterocycles. The van der Waals surface area contributed by atoms with Crippen molar-refractivity contribution < 1.29 is 21.9 Å². The molecule has 0 saturated carbocycles. The van der Waals surface area contributed by atoms with Crippen LogP contribution in [0, 0.1) is 0 Å². The van der Waals surface area contributed by atoms with E-state index in [4.69, 9.17) is 9.29 Å². The highest BCUT2D eigenvalue weighted by molar-refractivity contribution is 7.80. The van der Waals surface area contributed by atoms with E-state index in [1.54, 1.807) is 0 Å². The lowest BCUT2D eigenvalue weighted by molar-refractivity contribution is 0.162. The van der Waals surface area contributed by atoms with E-state index in [0.717, 1.165) is 26.1 Å². The molecule has 0 aliphatic heterocycles. The predicted octanol–water partition coefficient (Wildman–Crippen LogP) is 3.85. The highest BCUT2D eigenvalue weighted by Gasteiger charge is 2.02. The van der Waals surface area contributed by atoms with Gasteiger partial charge < -0.3 is 4.74 Å². The van der Waals surface area contributed by atoms with Crippen molar-refractivity contribution in [3.63, 3.8) is 0 Å². The average molecular weight is 367 g/mol. The summed E-state index contributed by atoms with van der Waals surface area (Å²) in [5.74, 6) is 0. The molecule has 0 aromatic heterocycles. The lowest BCUT2D eigenvalue weighted by Crippen LogP contribution is -2.04. The van der Waals surface area contributed by atoms with Gasteiger partial charge in [0.1, 0.15) is 0 Å². The van der Waals surface area contributed by atoms with E-state index in [1.165, 1.54) is 44.9 Å². The fourth-order valence-corrected chi connectivity index (χ4v) is 2.29. The van der Waals surface area contributed by atoms with Gasteiger partial charge in [-0.1, -0.05) is 64.7 Å². The number of ether oxygens (including phenoxy) is 1. The number of hydrogen-bond donors (Lipinski definition) is 1. The standard InChI is InChI=1S/C12H26O4S.C4H10O.Mg.2H/c1-2-3-4-5-6-7-8-9-10-11-12-16-17(13,14)15;1-3-5-4-2;;;/h2-12H2,1H3,(H,13,14,15);3-4H2,1-2H3;;;. The average Bonchev–Trinajstić information content (AvgIpc) is 2.45. The third kappa shape index (κ3) is 34.8. The summed E-state index contributed by atoms with van der Waals surface area (Å²) < 4.78 is 37.8. The normalized spacial score (nSPS) is 10.6. The van der Waals surface area contributed by atoms with Crippen LogP contribution in [0.25, 0.3) is 0 Å². The molecule has 0 aliphatic carbocycles. The lowest BCUT2D eigenvalue weighted by Gasteiger charge is -2.02. The smallest absolute Gasteiger partial charge is 0.382 e. The van der Waals surface area contributed by atoms with Gasteiger partial charge in [0, 0.05) is 13.2 Å². The molecule has 23 heavy (non-hydrogen) atoms. The first-order valence-corrected chi connectivity index (χ1v) is 10.0. The molecule has 0 bridgehead atoms. The Morgan fingerprint density at radius 2 is 1.13 bits per heavy atom. The quantitative estimate of drug-likeness (QED) is 0.287. The van der Waals surface area contributed by atoms with Crippen LogP contribution in [0.4, 0.5) is 0 Å². The van der Waals surface area contributed by atoms with E-state index >= 15 is 0 Å². The molecular formula is C16H38MgO5S. The molecule has 0 radical (unpaired) electrons. The Morgan fingerprint density at radius 1 is 0.739 bits per heavy atom. The summed E-state index contributed by atoms with van der Waals surface area (Å²) in [4.78, 5) is 0. The van der Waals surface area contributed by atoms with E-state index in [9.17, 15) is 8.42 Å². The highest BCUT2D eigenvalue weighted by Crippen LogP contribution is 2.10. The molecule has 0 unspecified atom stereocenters. The largest absolute Gasteiger partial charge is 0.397 e. The van der Waals surface area contributed by atoms with Crippen LogP contribution < -0.4 is 0 Å². The Kier molecular flexibility index (Phi) is 27.9. The molecule has 0 aromatic rings. The SMILES string of the molecule is CCCCCCCCCCCCOS(=O)(=O)O.CCOCC.[MgH2]. The molecule has 0 aromatic carbocycles. The summed E-state index contributed by atoms with van der Waals surface area (Å²) in [6.07, 6.45) is 11.9. The van der Waals surface area contributed by atoms with Gasteiger partial charge in [-0.15, -0.1) is 0 Å². The van der Waals surface area contributed by atoms with Crippen LogP contribution in [0.3, 0.4) is 0 Å². The Morgan fingerprint density at radius 3 is 1.43 bits per heavy atom. The van der Waals surface area contributed by atoms with Crippen LogP contribution >= 0.6 is 0 Å². The Bertz CT molecular complexity index is 295. The molecule has 0 spiro atoms. The minimum atomic E-state index is -4.23. The van der Waals surface area contributed by atoms with Gasteiger partial charge in [-0.2, -0.15) is 8.42 Å². The topological polar surface area (TPSA) is 72.8 Å². The maximum atomic E-state index is 10.2. The van der Waals surface area contributed by atoms with Crippen LogP contribution in [0.2, 0.25) is 0 Å². The number of rotatable bonds is 14. The van der Waals surface area contributed by atoms with E-state index in [2.05, 4.69) is 11.1 Å². The van der Waals surface area contributed by atoms with Gasteiger partial charge in [0.2, 0.25) is 0 Å². The van der Waals surface area contributed by atoms with Gasteiger partial charge in [0.25, 0.3) is 0 Å². The summed E-state index contributed by atoms with van der Waals surface area (Å²) >= 11 is 0. The lowest BCUT2D eigenvalue weighted by atomic mass is 10.1. The number of hydrogen-bond acceptors (Lipinski definition) is 4. The molecule has 140 valence electrons. The van der Waals surface area contributed by atoms with Gasteiger partial charge in [-0.05, 0) is 20.3 Å². The van der Waals surface area contributed by atoms with Crippen molar-refractivity contribution in [2.24, 2.45) is 0 Å². The summed E-state index contributed by atoms with van der Waals surface area (Å²) in [5.41, 5.74) is 0. The molecule has 0 saturated heterocycles. The van der Waals surface area contributed by atoms with Crippen LogP contribution in [0.15, 0.2) is 0 Å². The van der Waals surface area contributed by atoms with E-state index in [1.807, 2.05) is 13.8 Å². The minimum absolute atomic E-state index is 0. The Hall–Kier alpha value is 0.596. The highest BCUT2D eigenvalue weighted by atomic mass is 32.3. The van der Waals surface area contributed by atoms with Gasteiger partial charge in [-0.3, -0.25) is 4.55 Å². The van der Waals surface area contributed by atoms with E-state index < -0.39 is 10.4 Å². The first-order chi connectivity index (χ1) is 10.5. The Balaban J connectivity index is -0.000000578. The molecule has 7 heteroatoms. The fourth-order valence-electron chi connectivity index (χ4n) is 1.96. The third-order valence-electron chi connectivity index (χ3n) is 3.14. The molecule has 0 amide bonds. The van der Waals surface area contributed by atoms with E-state index in [-0.39, 0.29) is 29.7 Å². The van der Waals surface area contributed by atoms with Gasteiger partial charge in [0.05, 0.1) is 6.61 Å². The Labute approximate surface area is 160 Å². The van der Waals surface area contributed by atoms with Gasteiger partial charge in [0.15, 0.2) is 0 Å². The molecule has 0 fully saturated rings. The van der Waals surface area contributed by atoms with Gasteiger partial charge >= 0.3 is 33.5 Å². The molecule has 1 N–H and O–H groups in total. The maximum Gasteiger partial charge on any atom is 0.397 e. The summed E-state index contributed by atoms with van der Waals surface area (Å²) in [6, 6.07) is 0. The maximum absolute atomic E-state index is 10.2. The first-order valence-electron chi connectivity index (χ1n) is 8.67. The zero-order valence-electron chi connectivity index (χ0n) is 14.7. The fraction of sp³-hybridized carbons (Fsp3) is 1.00. The van der Waals surface area contributed by atoms with Gasteiger partial charge in [-0.25, -0.2) is 4.18 Å². The zero-order valence-corrected chi connectivity index (χ0v) is 15.5. The summed E-state index contributed by atoms with van der Waals surface area (Å²) in [7, 11) is -4.23.